The molecule has 0 unspecified atom stereocenters. The minimum Gasteiger partial charge on any atom is -0.334 e. The van der Waals surface area contributed by atoms with Crippen molar-refractivity contribution in [1.82, 2.24) is 15.1 Å². The van der Waals surface area contributed by atoms with Gasteiger partial charge in [0.1, 0.15) is 0 Å². The topological polar surface area (TPSA) is 35.6 Å². The number of hydrogen-bond acceptors (Lipinski definition) is 2. The van der Waals surface area contributed by atoms with E-state index >= 15 is 0 Å². The SMILES string of the molecule is CN1CCC(N(C)C(=O)NCc2ccc(Cl)cc2)CC1. The zero-order chi connectivity index (χ0) is 14.5. The van der Waals surface area contributed by atoms with Crippen molar-refractivity contribution in [3.05, 3.63) is 34.9 Å². The lowest BCUT2D eigenvalue weighted by atomic mass is 10.0. The number of nitrogens with one attached hydrogen (secondary N) is 1. The van der Waals surface area contributed by atoms with Crippen molar-refractivity contribution in [3.63, 3.8) is 0 Å². The van der Waals surface area contributed by atoms with Crippen LogP contribution in [0.25, 0.3) is 0 Å². The second-order valence-electron chi connectivity index (χ2n) is 5.43. The maximum absolute atomic E-state index is 12.1. The summed E-state index contributed by atoms with van der Waals surface area (Å²) < 4.78 is 0. The maximum Gasteiger partial charge on any atom is 0.317 e. The molecule has 2 rings (SSSR count). The Hall–Kier alpha value is -1.26. The predicted molar refractivity (Wildman–Crippen MR) is 82.0 cm³/mol. The van der Waals surface area contributed by atoms with E-state index in [4.69, 9.17) is 11.6 Å². The molecular formula is C15H22ClN3O. The van der Waals surface area contributed by atoms with Gasteiger partial charge in [-0.1, -0.05) is 23.7 Å². The van der Waals surface area contributed by atoms with Crippen LogP contribution in [0.2, 0.25) is 5.02 Å². The van der Waals surface area contributed by atoms with Crippen LogP contribution in [-0.4, -0.2) is 49.1 Å². The minimum atomic E-state index is -0.00509. The molecule has 0 bridgehead atoms. The van der Waals surface area contributed by atoms with Crippen molar-refractivity contribution >= 4 is 17.6 Å². The summed E-state index contributed by atoms with van der Waals surface area (Å²) in [5, 5.41) is 3.67. The van der Waals surface area contributed by atoms with E-state index in [0.717, 1.165) is 31.5 Å². The Kier molecular flexibility index (Phi) is 5.26. The molecule has 0 atom stereocenters. The van der Waals surface area contributed by atoms with Crippen LogP contribution in [0.5, 0.6) is 0 Å². The van der Waals surface area contributed by atoms with Gasteiger partial charge in [0.2, 0.25) is 0 Å². The summed E-state index contributed by atoms with van der Waals surface area (Å²) in [7, 11) is 4.00. The van der Waals surface area contributed by atoms with Crippen LogP contribution in [0.4, 0.5) is 4.79 Å². The second kappa shape index (κ2) is 6.95. The highest BCUT2D eigenvalue weighted by Crippen LogP contribution is 2.14. The van der Waals surface area contributed by atoms with Gasteiger partial charge in [-0.3, -0.25) is 0 Å². The largest absolute Gasteiger partial charge is 0.334 e. The van der Waals surface area contributed by atoms with E-state index in [9.17, 15) is 4.79 Å². The highest BCUT2D eigenvalue weighted by Gasteiger charge is 2.23. The molecule has 0 aromatic heterocycles. The van der Waals surface area contributed by atoms with Crippen LogP contribution in [0.3, 0.4) is 0 Å². The molecule has 20 heavy (non-hydrogen) atoms. The quantitative estimate of drug-likeness (QED) is 0.930. The number of carbonyl (C=O) groups is 1. The van der Waals surface area contributed by atoms with Crippen LogP contribution in [0, 0.1) is 0 Å². The first-order chi connectivity index (χ1) is 9.56. The van der Waals surface area contributed by atoms with Crippen molar-refractivity contribution in [2.45, 2.75) is 25.4 Å². The zero-order valence-electron chi connectivity index (χ0n) is 12.1. The first-order valence-corrected chi connectivity index (χ1v) is 7.37. The van der Waals surface area contributed by atoms with Gasteiger partial charge >= 0.3 is 6.03 Å². The molecule has 1 aromatic carbocycles. The fraction of sp³-hybridized carbons (Fsp3) is 0.533. The average Bonchev–Trinajstić information content (AvgIpc) is 2.46. The number of carbonyl (C=O) groups excluding carboxylic acids is 1. The van der Waals surface area contributed by atoms with E-state index in [1.807, 2.05) is 36.2 Å². The average molecular weight is 296 g/mol. The summed E-state index contributed by atoms with van der Waals surface area (Å²) in [6.45, 7) is 2.64. The van der Waals surface area contributed by atoms with Crippen molar-refractivity contribution in [2.24, 2.45) is 0 Å². The van der Waals surface area contributed by atoms with Gasteiger partial charge in [-0.15, -0.1) is 0 Å². The highest BCUT2D eigenvalue weighted by molar-refractivity contribution is 6.30. The molecule has 0 spiro atoms. The summed E-state index contributed by atoms with van der Waals surface area (Å²) >= 11 is 5.84. The molecule has 1 aromatic rings. The summed E-state index contributed by atoms with van der Waals surface area (Å²) in [5.41, 5.74) is 1.06. The van der Waals surface area contributed by atoms with Gasteiger partial charge in [0.05, 0.1) is 0 Å². The summed E-state index contributed by atoms with van der Waals surface area (Å²) in [6.07, 6.45) is 2.09. The zero-order valence-corrected chi connectivity index (χ0v) is 12.9. The molecular weight excluding hydrogens is 274 g/mol. The van der Waals surface area contributed by atoms with Crippen LogP contribution < -0.4 is 5.32 Å². The van der Waals surface area contributed by atoms with E-state index in [-0.39, 0.29) is 6.03 Å². The number of urea groups is 1. The molecule has 0 aliphatic carbocycles. The fourth-order valence-corrected chi connectivity index (χ4v) is 2.58. The Morgan fingerprint density at radius 3 is 2.55 bits per heavy atom. The molecule has 1 heterocycles. The third kappa shape index (κ3) is 4.12. The maximum atomic E-state index is 12.1. The van der Waals surface area contributed by atoms with E-state index in [1.165, 1.54) is 0 Å². The molecule has 110 valence electrons. The Morgan fingerprint density at radius 2 is 1.95 bits per heavy atom. The molecule has 1 N–H and O–H groups in total. The van der Waals surface area contributed by atoms with Crippen molar-refractivity contribution in [3.8, 4) is 0 Å². The van der Waals surface area contributed by atoms with Crippen molar-refractivity contribution in [2.75, 3.05) is 27.2 Å². The lowest BCUT2D eigenvalue weighted by molar-refractivity contribution is 0.147. The molecule has 0 radical (unpaired) electrons. The van der Waals surface area contributed by atoms with E-state index in [1.54, 1.807) is 0 Å². The van der Waals surface area contributed by atoms with Crippen molar-refractivity contribution < 1.29 is 4.79 Å². The van der Waals surface area contributed by atoms with Gasteiger partial charge in [-0.25, -0.2) is 4.79 Å². The third-order valence-electron chi connectivity index (χ3n) is 3.91. The van der Waals surface area contributed by atoms with E-state index < -0.39 is 0 Å². The number of likely N-dealkylation sites (tertiary alicyclic amines) is 1. The summed E-state index contributed by atoms with van der Waals surface area (Å²) in [5.74, 6) is 0. The predicted octanol–water partition coefficient (Wildman–Crippen LogP) is 2.58. The Morgan fingerprint density at radius 1 is 1.35 bits per heavy atom. The molecule has 1 aliphatic rings. The number of halogens is 1. The lowest BCUT2D eigenvalue weighted by Gasteiger charge is -2.35. The summed E-state index contributed by atoms with van der Waals surface area (Å²) in [4.78, 5) is 16.3. The first-order valence-electron chi connectivity index (χ1n) is 7.00. The molecule has 4 nitrogen and oxygen atoms in total. The van der Waals surface area contributed by atoms with Gasteiger partial charge in [0.25, 0.3) is 0 Å². The first kappa shape index (κ1) is 15.1. The normalized spacial score (nSPS) is 16.9. The van der Waals surface area contributed by atoms with Gasteiger partial charge in [0, 0.05) is 24.7 Å². The Labute approximate surface area is 125 Å². The molecule has 1 aliphatic heterocycles. The second-order valence-corrected chi connectivity index (χ2v) is 5.87. The fourth-order valence-electron chi connectivity index (χ4n) is 2.45. The van der Waals surface area contributed by atoms with E-state index in [2.05, 4.69) is 17.3 Å². The van der Waals surface area contributed by atoms with Crippen LogP contribution in [0.15, 0.2) is 24.3 Å². The van der Waals surface area contributed by atoms with Crippen LogP contribution >= 0.6 is 11.6 Å². The number of amides is 2. The summed E-state index contributed by atoms with van der Waals surface area (Å²) in [6, 6.07) is 7.87. The molecule has 2 amide bonds. The van der Waals surface area contributed by atoms with Crippen LogP contribution in [-0.2, 0) is 6.54 Å². The number of hydrogen-bond donors (Lipinski definition) is 1. The number of rotatable bonds is 3. The number of benzene rings is 1. The van der Waals surface area contributed by atoms with Gasteiger partial charge in [-0.2, -0.15) is 0 Å². The third-order valence-corrected chi connectivity index (χ3v) is 4.17. The smallest absolute Gasteiger partial charge is 0.317 e. The highest BCUT2D eigenvalue weighted by atomic mass is 35.5. The Bertz CT molecular complexity index is 441. The minimum absolute atomic E-state index is 0.00509. The number of nitrogens with zero attached hydrogens (tertiary/aromatic N) is 2. The lowest BCUT2D eigenvalue weighted by Crippen LogP contribution is -2.47. The molecule has 0 saturated carbocycles. The molecule has 1 saturated heterocycles. The number of piperidine rings is 1. The standard InChI is InChI=1S/C15H22ClN3O/c1-18-9-7-14(8-10-18)19(2)15(20)17-11-12-3-5-13(16)6-4-12/h3-6,14H,7-11H2,1-2H3,(H,17,20). The van der Waals surface area contributed by atoms with Gasteiger partial charge < -0.3 is 15.1 Å². The van der Waals surface area contributed by atoms with Gasteiger partial charge in [0.15, 0.2) is 0 Å². The molecule has 1 fully saturated rings. The van der Waals surface area contributed by atoms with E-state index in [0.29, 0.717) is 17.6 Å². The molecule has 5 heteroatoms. The monoisotopic (exact) mass is 295 g/mol. The van der Waals surface area contributed by atoms with Crippen molar-refractivity contribution in [1.29, 1.82) is 0 Å². The van der Waals surface area contributed by atoms with Crippen LogP contribution in [0.1, 0.15) is 18.4 Å². The Balaban J connectivity index is 1.80. The van der Waals surface area contributed by atoms with Gasteiger partial charge in [-0.05, 0) is 50.7 Å².